The number of hydrogen-bond acceptors (Lipinski definition) is 8. The Hall–Kier alpha value is -1.13. The van der Waals surface area contributed by atoms with Crippen molar-refractivity contribution in [1.29, 1.82) is 0 Å². The molecular weight excluding hydrogens is 206 g/mol. The van der Waals surface area contributed by atoms with Crippen LogP contribution in [0.1, 0.15) is 10.5 Å². The van der Waals surface area contributed by atoms with Crippen LogP contribution < -0.4 is 27.2 Å². The summed E-state index contributed by atoms with van der Waals surface area (Å²) in [6, 6.07) is 0. The van der Waals surface area contributed by atoms with Crippen molar-refractivity contribution in [2.24, 2.45) is 0 Å². The zero-order chi connectivity index (χ0) is 9.80. The lowest BCUT2D eigenvalue weighted by Gasteiger charge is -2.08. The van der Waals surface area contributed by atoms with Crippen LogP contribution >= 0.6 is 11.5 Å². The molecule has 1 aliphatic heterocycles. The maximum atomic E-state index is 11.4. The average Bonchev–Trinajstić information content (AvgIpc) is 2.87. The van der Waals surface area contributed by atoms with Crippen LogP contribution in [-0.2, 0) is 0 Å². The van der Waals surface area contributed by atoms with Crippen LogP contribution in [0.15, 0.2) is 5.38 Å². The van der Waals surface area contributed by atoms with E-state index in [1.165, 1.54) is 0 Å². The summed E-state index contributed by atoms with van der Waals surface area (Å²) in [7, 11) is 0. The summed E-state index contributed by atoms with van der Waals surface area (Å²) < 4.78 is 3.60. The number of nitrogens with zero attached hydrogens (tertiary/aromatic N) is 2. The van der Waals surface area contributed by atoms with Gasteiger partial charge in [-0.1, -0.05) is 4.49 Å². The summed E-state index contributed by atoms with van der Waals surface area (Å²) in [6.45, 7) is 0.441. The molecule has 5 N–H and O–H groups in total. The second-order valence-corrected chi connectivity index (χ2v) is 3.20. The SMILES string of the molecule is O=C(NCC1NNNN1)c1csnn1. The molecule has 9 heteroatoms. The monoisotopic (exact) mass is 215 g/mol. The van der Waals surface area contributed by atoms with Crippen LogP contribution in [0.25, 0.3) is 0 Å². The quantitative estimate of drug-likeness (QED) is 0.387. The molecule has 0 unspecified atom stereocenters. The first kappa shape index (κ1) is 9.43. The molecule has 1 fully saturated rings. The Bertz CT molecular complexity index is 295. The van der Waals surface area contributed by atoms with E-state index in [0.29, 0.717) is 12.2 Å². The molecule has 0 radical (unpaired) electrons. The van der Waals surface area contributed by atoms with Crippen molar-refractivity contribution in [2.75, 3.05) is 6.54 Å². The summed E-state index contributed by atoms with van der Waals surface area (Å²) in [6.07, 6.45) is -0.0504. The van der Waals surface area contributed by atoms with Crippen LogP contribution in [-0.4, -0.2) is 28.2 Å². The number of rotatable bonds is 3. The van der Waals surface area contributed by atoms with Crippen LogP contribution in [0.2, 0.25) is 0 Å². The van der Waals surface area contributed by atoms with Crippen molar-refractivity contribution in [1.82, 2.24) is 36.8 Å². The van der Waals surface area contributed by atoms with Crippen molar-refractivity contribution < 1.29 is 4.79 Å². The lowest BCUT2D eigenvalue weighted by atomic mass is 10.4. The molecule has 1 saturated heterocycles. The Balaban J connectivity index is 1.78. The standard InChI is InChI=1S/C5H9N7OS/c13-5(3-2-14-12-7-3)6-1-4-8-10-11-9-4/h2,4,8-11H,1H2,(H,6,13). The summed E-state index contributed by atoms with van der Waals surface area (Å²) >= 11 is 1.15. The summed E-state index contributed by atoms with van der Waals surface area (Å²) in [5.74, 6) is -0.228. The third-order valence-corrected chi connectivity index (χ3v) is 2.12. The van der Waals surface area contributed by atoms with Gasteiger partial charge in [-0.15, -0.1) is 5.10 Å². The number of hydrazine groups is 3. The van der Waals surface area contributed by atoms with Gasteiger partial charge in [0.2, 0.25) is 0 Å². The molecule has 76 valence electrons. The first-order chi connectivity index (χ1) is 6.86. The molecular formula is C5H9N7OS. The predicted octanol–water partition coefficient (Wildman–Crippen LogP) is -2.29. The van der Waals surface area contributed by atoms with E-state index in [9.17, 15) is 4.79 Å². The van der Waals surface area contributed by atoms with Gasteiger partial charge in [0.1, 0.15) is 6.17 Å². The third-order valence-electron chi connectivity index (χ3n) is 1.61. The lowest BCUT2D eigenvalue weighted by Crippen LogP contribution is -2.44. The summed E-state index contributed by atoms with van der Waals surface area (Å²) in [5.41, 5.74) is 11.3. The number of aromatic nitrogens is 2. The molecule has 1 aromatic heterocycles. The molecule has 1 amide bonds. The largest absolute Gasteiger partial charge is 0.348 e. The molecule has 0 aromatic carbocycles. The van der Waals surface area contributed by atoms with Crippen LogP contribution in [0.3, 0.4) is 0 Å². The van der Waals surface area contributed by atoms with Crippen molar-refractivity contribution in [3.63, 3.8) is 0 Å². The van der Waals surface area contributed by atoms with Crippen LogP contribution in [0, 0.1) is 0 Å². The molecule has 0 aliphatic carbocycles. The number of carbonyl (C=O) groups is 1. The van der Waals surface area contributed by atoms with E-state index >= 15 is 0 Å². The van der Waals surface area contributed by atoms with Gasteiger partial charge in [0, 0.05) is 11.9 Å². The molecule has 8 nitrogen and oxygen atoms in total. The van der Waals surface area contributed by atoms with E-state index in [0.717, 1.165) is 11.5 Å². The smallest absolute Gasteiger partial charge is 0.272 e. The number of nitrogens with one attached hydrogen (secondary N) is 5. The predicted molar refractivity (Wildman–Crippen MR) is 48.6 cm³/mol. The highest BCUT2D eigenvalue weighted by Gasteiger charge is 2.14. The van der Waals surface area contributed by atoms with Gasteiger partial charge in [-0.05, 0) is 11.5 Å². The average molecular weight is 215 g/mol. The zero-order valence-corrected chi connectivity index (χ0v) is 7.89. The second kappa shape index (κ2) is 4.39. The van der Waals surface area contributed by atoms with Crippen molar-refractivity contribution in [2.45, 2.75) is 6.17 Å². The zero-order valence-electron chi connectivity index (χ0n) is 7.07. The molecule has 2 heterocycles. The molecule has 0 saturated carbocycles. The normalized spacial score (nSPS) is 17.1. The Labute approximate surface area is 83.5 Å². The van der Waals surface area contributed by atoms with E-state index in [1.54, 1.807) is 5.38 Å². The molecule has 1 aliphatic rings. The van der Waals surface area contributed by atoms with Crippen LogP contribution in [0.4, 0.5) is 0 Å². The van der Waals surface area contributed by atoms with E-state index in [2.05, 4.69) is 36.8 Å². The highest BCUT2D eigenvalue weighted by atomic mass is 32.1. The Morgan fingerprint density at radius 1 is 1.57 bits per heavy atom. The molecule has 2 rings (SSSR count). The summed E-state index contributed by atoms with van der Waals surface area (Å²) in [5, 5.41) is 7.93. The number of carbonyl (C=O) groups excluding carboxylic acids is 1. The fourth-order valence-electron chi connectivity index (χ4n) is 0.933. The van der Waals surface area contributed by atoms with E-state index < -0.39 is 0 Å². The topological polar surface area (TPSA) is 103 Å². The van der Waals surface area contributed by atoms with Gasteiger partial charge in [-0.3, -0.25) is 4.79 Å². The minimum atomic E-state index is -0.228. The van der Waals surface area contributed by atoms with E-state index in [1.807, 2.05) is 0 Å². The second-order valence-electron chi connectivity index (χ2n) is 2.59. The van der Waals surface area contributed by atoms with Gasteiger partial charge in [0.15, 0.2) is 5.69 Å². The molecule has 0 bridgehead atoms. The van der Waals surface area contributed by atoms with Gasteiger partial charge in [-0.2, -0.15) is 11.1 Å². The van der Waals surface area contributed by atoms with Gasteiger partial charge in [0.05, 0.1) is 0 Å². The van der Waals surface area contributed by atoms with Gasteiger partial charge in [-0.25, -0.2) is 10.9 Å². The Morgan fingerprint density at radius 3 is 3.00 bits per heavy atom. The van der Waals surface area contributed by atoms with E-state index in [-0.39, 0.29) is 12.1 Å². The fraction of sp³-hybridized carbons (Fsp3) is 0.400. The fourth-order valence-corrected chi connectivity index (χ4v) is 1.37. The first-order valence-corrected chi connectivity index (χ1v) is 4.76. The third kappa shape index (κ3) is 2.21. The van der Waals surface area contributed by atoms with Gasteiger partial charge in [0.25, 0.3) is 5.91 Å². The maximum Gasteiger partial charge on any atom is 0.272 e. The van der Waals surface area contributed by atoms with Gasteiger partial charge < -0.3 is 5.32 Å². The van der Waals surface area contributed by atoms with Crippen molar-refractivity contribution >= 4 is 17.4 Å². The molecule has 14 heavy (non-hydrogen) atoms. The number of amides is 1. The maximum absolute atomic E-state index is 11.4. The van der Waals surface area contributed by atoms with Gasteiger partial charge >= 0.3 is 0 Å². The van der Waals surface area contributed by atoms with Crippen molar-refractivity contribution in [3.05, 3.63) is 11.1 Å². The molecule has 1 aromatic rings. The number of hydrogen-bond donors (Lipinski definition) is 5. The highest BCUT2D eigenvalue weighted by Crippen LogP contribution is 1.95. The lowest BCUT2D eigenvalue weighted by molar-refractivity contribution is 0.0944. The molecule has 0 spiro atoms. The first-order valence-electron chi connectivity index (χ1n) is 3.92. The minimum Gasteiger partial charge on any atom is -0.348 e. The Morgan fingerprint density at radius 2 is 2.36 bits per heavy atom. The summed E-state index contributed by atoms with van der Waals surface area (Å²) in [4.78, 5) is 11.4. The minimum absolute atomic E-state index is 0.0504. The Kier molecular flexibility index (Phi) is 2.96. The van der Waals surface area contributed by atoms with Crippen LogP contribution in [0.5, 0.6) is 0 Å². The molecule has 0 atom stereocenters. The van der Waals surface area contributed by atoms with Crippen molar-refractivity contribution in [3.8, 4) is 0 Å². The van der Waals surface area contributed by atoms with E-state index in [4.69, 9.17) is 0 Å². The highest BCUT2D eigenvalue weighted by molar-refractivity contribution is 7.03.